The summed E-state index contributed by atoms with van der Waals surface area (Å²) in [6, 6.07) is 12.2. The lowest BCUT2D eigenvalue weighted by Gasteiger charge is -2.18. The van der Waals surface area contributed by atoms with E-state index < -0.39 is 26.1 Å². The summed E-state index contributed by atoms with van der Waals surface area (Å²) in [5.41, 5.74) is 2.27. The van der Waals surface area contributed by atoms with Crippen molar-refractivity contribution >= 4 is 21.4 Å². The van der Waals surface area contributed by atoms with Gasteiger partial charge in [-0.05, 0) is 43.0 Å². The van der Waals surface area contributed by atoms with Crippen molar-refractivity contribution in [1.29, 1.82) is 0 Å². The molecule has 0 radical (unpaired) electrons. The lowest BCUT2D eigenvalue weighted by atomic mass is 9.94. The smallest absolute Gasteiger partial charge is 0.178 e. The number of Topliss-reactive ketones (excluding diaryl/α,β-unsaturated/α-hetero) is 2. The maximum atomic E-state index is 12.8. The van der Waals surface area contributed by atoms with Gasteiger partial charge in [-0.25, -0.2) is 8.42 Å². The predicted molar refractivity (Wildman–Crippen MR) is 102 cm³/mol. The normalized spacial score (nSPS) is 17.7. The van der Waals surface area contributed by atoms with Crippen LogP contribution < -0.4 is 4.74 Å². The molecular formula is C21H20O5S. The van der Waals surface area contributed by atoms with Gasteiger partial charge >= 0.3 is 0 Å². The minimum Gasteiger partial charge on any atom is -0.492 e. The molecule has 2 aromatic carbocycles. The molecule has 2 aromatic rings. The molecule has 5 nitrogen and oxygen atoms in total. The predicted octanol–water partition coefficient (Wildman–Crippen LogP) is 3.47. The van der Waals surface area contributed by atoms with Crippen molar-refractivity contribution in [3.63, 3.8) is 0 Å². The largest absolute Gasteiger partial charge is 0.492 e. The zero-order chi connectivity index (χ0) is 19.2. The first-order valence-corrected chi connectivity index (χ1v) is 10.6. The molecule has 0 amide bonds. The first kappa shape index (κ1) is 17.9. The van der Waals surface area contributed by atoms with E-state index in [0.717, 1.165) is 5.56 Å². The molecule has 0 N–H and O–H groups in total. The highest BCUT2D eigenvalue weighted by Crippen LogP contribution is 2.43. The van der Waals surface area contributed by atoms with Crippen LogP contribution in [0.1, 0.15) is 46.9 Å². The summed E-state index contributed by atoms with van der Waals surface area (Å²) in [6.07, 6.45) is 1.58. The number of hydrogen-bond acceptors (Lipinski definition) is 5. The molecule has 0 saturated heterocycles. The van der Waals surface area contributed by atoms with E-state index in [1.807, 2.05) is 0 Å². The van der Waals surface area contributed by atoms with Crippen molar-refractivity contribution < 1.29 is 22.7 Å². The zero-order valence-corrected chi connectivity index (χ0v) is 15.8. The third kappa shape index (κ3) is 3.18. The van der Waals surface area contributed by atoms with E-state index in [1.54, 1.807) is 49.4 Å². The van der Waals surface area contributed by atoms with Gasteiger partial charge in [0.25, 0.3) is 0 Å². The van der Waals surface area contributed by atoms with Crippen molar-refractivity contribution in [2.75, 3.05) is 12.4 Å². The highest BCUT2D eigenvalue weighted by atomic mass is 32.2. The number of carbonyl (C=O) groups excluding carboxylic acids is 2. The van der Waals surface area contributed by atoms with Gasteiger partial charge in [0.1, 0.15) is 11.5 Å². The molecule has 6 heteroatoms. The molecule has 1 fully saturated rings. The van der Waals surface area contributed by atoms with Crippen molar-refractivity contribution in [2.24, 2.45) is 0 Å². The lowest BCUT2D eigenvalue weighted by molar-refractivity contribution is 0.0932. The minimum atomic E-state index is -3.47. The molecule has 0 atom stereocenters. The summed E-state index contributed by atoms with van der Waals surface area (Å²) in [5.74, 6) is -0.353. The van der Waals surface area contributed by atoms with Crippen LogP contribution in [0, 0.1) is 0 Å². The van der Waals surface area contributed by atoms with E-state index in [-0.39, 0.29) is 5.78 Å². The Morgan fingerprint density at radius 2 is 1.85 bits per heavy atom. The number of ether oxygens (including phenoxy) is 1. The summed E-state index contributed by atoms with van der Waals surface area (Å²) < 4.78 is 29.8. The molecule has 140 valence electrons. The Bertz CT molecular complexity index is 1050. The van der Waals surface area contributed by atoms with Gasteiger partial charge in [-0.15, -0.1) is 0 Å². The van der Waals surface area contributed by atoms with Gasteiger partial charge < -0.3 is 4.74 Å². The number of ketones is 2. The van der Waals surface area contributed by atoms with Crippen LogP contribution in [0.15, 0.2) is 42.5 Å². The summed E-state index contributed by atoms with van der Waals surface area (Å²) in [5, 5.41) is 0. The standard InChI is InChI=1S/C21H20O5S/c1-21(9-10-21)27(24,25)13-19(23)16-5-3-2-4-15(16)14-6-7-17-18(22)8-11-26-20(17)12-14/h2-7,12H,8-11,13H2,1H3. The molecule has 0 unspecified atom stereocenters. The average Bonchev–Trinajstić information content (AvgIpc) is 3.41. The third-order valence-corrected chi connectivity index (χ3v) is 7.99. The quantitative estimate of drug-likeness (QED) is 0.738. The number of hydrogen-bond donors (Lipinski definition) is 0. The van der Waals surface area contributed by atoms with Crippen molar-refractivity contribution in [1.82, 2.24) is 0 Å². The van der Waals surface area contributed by atoms with Crippen LogP contribution in [-0.4, -0.2) is 37.1 Å². The number of sulfone groups is 1. The summed E-state index contributed by atoms with van der Waals surface area (Å²) in [6.45, 7) is 2.03. The highest BCUT2D eigenvalue weighted by molar-refractivity contribution is 7.93. The first-order chi connectivity index (χ1) is 12.8. The van der Waals surface area contributed by atoms with Crippen LogP contribution in [0.4, 0.5) is 0 Å². The molecule has 1 aliphatic carbocycles. The molecule has 0 spiro atoms. The van der Waals surface area contributed by atoms with Gasteiger partial charge in [0.15, 0.2) is 21.4 Å². The Hall–Kier alpha value is -2.47. The van der Waals surface area contributed by atoms with E-state index in [4.69, 9.17) is 4.74 Å². The van der Waals surface area contributed by atoms with Crippen molar-refractivity contribution in [3.8, 4) is 16.9 Å². The number of rotatable bonds is 5. The molecule has 2 aliphatic rings. The average molecular weight is 384 g/mol. The molecule has 0 aromatic heterocycles. The Morgan fingerprint density at radius 3 is 2.59 bits per heavy atom. The Labute approximate surface area is 158 Å². The van der Waals surface area contributed by atoms with E-state index >= 15 is 0 Å². The van der Waals surface area contributed by atoms with Gasteiger partial charge in [-0.3, -0.25) is 9.59 Å². The topological polar surface area (TPSA) is 77.5 Å². The maximum Gasteiger partial charge on any atom is 0.178 e. The Balaban J connectivity index is 1.70. The molecular weight excluding hydrogens is 364 g/mol. The van der Waals surface area contributed by atoms with Gasteiger partial charge in [-0.1, -0.05) is 30.3 Å². The van der Waals surface area contributed by atoms with Crippen LogP contribution in [0.5, 0.6) is 5.75 Å². The van der Waals surface area contributed by atoms with Crippen LogP contribution in [0.2, 0.25) is 0 Å². The van der Waals surface area contributed by atoms with E-state index in [2.05, 4.69) is 0 Å². The van der Waals surface area contributed by atoms with E-state index in [1.165, 1.54) is 0 Å². The number of fused-ring (bicyclic) bond motifs is 1. The van der Waals surface area contributed by atoms with Crippen LogP contribution in [0.3, 0.4) is 0 Å². The Kier molecular flexibility index (Phi) is 4.18. The molecule has 1 saturated carbocycles. The summed E-state index contributed by atoms with van der Waals surface area (Å²) >= 11 is 0. The molecule has 4 rings (SSSR count). The lowest BCUT2D eigenvalue weighted by Crippen LogP contribution is -2.27. The highest BCUT2D eigenvalue weighted by Gasteiger charge is 2.50. The second-order valence-electron chi connectivity index (χ2n) is 7.41. The first-order valence-electron chi connectivity index (χ1n) is 8.96. The zero-order valence-electron chi connectivity index (χ0n) is 15.0. The fourth-order valence-electron chi connectivity index (χ4n) is 3.32. The minimum absolute atomic E-state index is 0.0379. The maximum absolute atomic E-state index is 12.8. The second kappa shape index (κ2) is 6.30. The number of benzene rings is 2. The third-order valence-electron chi connectivity index (χ3n) is 5.43. The SMILES string of the molecule is CC1(S(=O)(=O)CC(=O)c2ccccc2-c2ccc3c(c2)OCCC3=O)CC1. The summed E-state index contributed by atoms with van der Waals surface area (Å²) in [4.78, 5) is 24.8. The van der Waals surface area contributed by atoms with E-state index in [0.29, 0.717) is 48.3 Å². The summed E-state index contributed by atoms with van der Waals surface area (Å²) in [7, 11) is -3.47. The van der Waals surface area contributed by atoms with Crippen molar-refractivity contribution in [2.45, 2.75) is 30.9 Å². The second-order valence-corrected chi connectivity index (χ2v) is 9.91. The Morgan fingerprint density at radius 1 is 1.11 bits per heavy atom. The van der Waals surface area contributed by atoms with E-state index in [9.17, 15) is 18.0 Å². The number of carbonyl (C=O) groups is 2. The fraction of sp³-hybridized carbons (Fsp3) is 0.333. The van der Waals surface area contributed by atoms with Gasteiger partial charge in [0.2, 0.25) is 0 Å². The van der Waals surface area contributed by atoms with Gasteiger partial charge in [-0.2, -0.15) is 0 Å². The molecule has 1 aliphatic heterocycles. The van der Waals surface area contributed by atoms with Crippen molar-refractivity contribution in [3.05, 3.63) is 53.6 Å². The van der Waals surface area contributed by atoms with Gasteiger partial charge in [0.05, 0.1) is 16.9 Å². The van der Waals surface area contributed by atoms with Crippen LogP contribution in [0.25, 0.3) is 11.1 Å². The molecule has 0 bridgehead atoms. The van der Waals surface area contributed by atoms with Crippen LogP contribution in [-0.2, 0) is 9.84 Å². The van der Waals surface area contributed by atoms with Gasteiger partial charge in [0, 0.05) is 12.0 Å². The van der Waals surface area contributed by atoms with Crippen LogP contribution >= 0.6 is 0 Å². The molecule has 1 heterocycles. The molecule has 27 heavy (non-hydrogen) atoms. The fourth-order valence-corrected chi connectivity index (χ4v) is 4.89. The monoisotopic (exact) mass is 384 g/mol.